The van der Waals surface area contributed by atoms with Gasteiger partial charge in [0.1, 0.15) is 0 Å². The van der Waals surface area contributed by atoms with E-state index in [-0.39, 0.29) is 0 Å². The summed E-state index contributed by atoms with van der Waals surface area (Å²) in [6.45, 7) is 8.32. The van der Waals surface area contributed by atoms with E-state index in [1.54, 1.807) is 0 Å². The number of rotatable bonds is 7. The van der Waals surface area contributed by atoms with Crippen molar-refractivity contribution in [3.8, 4) is 0 Å². The molecular formula is C18H30N2. The second-order valence-corrected chi connectivity index (χ2v) is 6.29. The SMILES string of the molecule is CCCC1CCN(CCC(NC)c2cccc(C)c2)C1. The fraction of sp³-hybridized carbons (Fsp3) is 0.667. The van der Waals surface area contributed by atoms with Crippen LogP contribution in [0.25, 0.3) is 0 Å². The Morgan fingerprint density at radius 3 is 2.95 bits per heavy atom. The topological polar surface area (TPSA) is 15.3 Å². The van der Waals surface area contributed by atoms with Gasteiger partial charge in [0.05, 0.1) is 0 Å². The van der Waals surface area contributed by atoms with Gasteiger partial charge in [-0.25, -0.2) is 0 Å². The number of hydrogen-bond acceptors (Lipinski definition) is 2. The van der Waals surface area contributed by atoms with Gasteiger partial charge in [-0.2, -0.15) is 0 Å². The zero-order chi connectivity index (χ0) is 14.4. The molecule has 1 fully saturated rings. The van der Waals surface area contributed by atoms with Crippen LogP contribution >= 0.6 is 0 Å². The summed E-state index contributed by atoms with van der Waals surface area (Å²) in [5.74, 6) is 0.951. The van der Waals surface area contributed by atoms with Crippen molar-refractivity contribution < 1.29 is 0 Å². The number of nitrogens with one attached hydrogen (secondary N) is 1. The number of hydrogen-bond donors (Lipinski definition) is 1. The molecule has 20 heavy (non-hydrogen) atoms. The Labute approximate surface area is 124 Å². The van der Waals surface area contributed by atoms with Crippen molar-refractivity contribution in [2.75, 3.05) is 26.7 Å². The highest BCUT2D eigenvalue weighted by atomic mass is 15.1. The van der Waals surface area contributed by atoms with Crippen molar-refractivity contribution >= 4 is 0 Å². The summed E-state index contributed by atoms with van der Waals surface area (Å²) in [6.07, 6.45) is 5.35. The lowest BCUT2D eigenvalue weighted by Crippen LogP contribution is -2.27. The van der Waals surface area contributed by atoms with E-state index in [0.717, 1.165) is 5.92 Å². The molecule has 2 atom stereocenters. The van der Waals surface area contributed by atoms with E-state index in [0.29, 0.717) is 6.04 Å². The summed E-state index contributed by atoms with van der Waals surface area (Å²) in [5.41, 5.74) is 2.78. The van der Waals surface area contributed by atoms with Gasteiger partial charge in [0.25, 0.3) is 0 Å². The average molecular weight is 274 g/mol. The summed E-state index contributed by atoms with van der Waals surface area (Å²) < 4.78 is 0. The Balaban J connectivity index is 1.83. The number of benzene rings is 1. The first kappa shape index (κ1) is 15.5. The van der Waals surface area contributed by atoms with Crippen LogP contribution in [0.3, 0.4) is 0 Å². The maximum Gasteiger partial charge on any atom is 0.0329 e. The molecule has 0 radical (unpaired) electrons. The van der Waals surface area contributed by atoms with Crippen LogP contribution in [0.15, 0.2) is 24.3 Å². The fourth-order valence-corrected chi connectivity index (χ4v) is 3.44. The standard InChI is InChI=1S/C18H30N2/c1-4-6-16-9-11-20(14-16)12-10-18(19-3)17-8-5-7-15(2)13-17/h5,7-8,13,16,18-19H,4,6,9-12,14H2,1-3H3. The summed E-state index contributed by atoms with van der Waals surface area (Å²) in [4.78, 5) is 2.65. The van der Waals surface area contributed by atoms with Crippen LogP contribution in [0.1, 0.15) is 49.8 Å². The molecule has 2 unspecified atom stereocenters. The quantitative estimate of drug-likeness (QED) is 0.814. The van der Waals surface area contributed by atoms with Gasteiger partial charge >= 0.3 is 0 Å². The predicted octanol–water partition coefficient (Wildman–Crippen LogP) is 3.77. The van der Waals surface area contributed by atoms with Gasteiger partial charge in [-0.15, -0.1) is 0 Å². The highest BCUT2D eigenvalue weighted by molar-refractivity contribution is 5.25. The Morgan fingerprint density at radius 2 is 2.25 bits per heavy atom. The molecule has 0 aromatic heterocycles. The summed E-state index contributed by atoms with van der Waals surface area (Å²) in [7, 11) is 2.08. The van der Waals surface area contributed by atoms with Crippen LogP contribution in [0.2, 0.25) is 0 Å². The van der Waals surface area contributed by atoms with Crippen LogP contribution in [-0.2, 0) is 0 Å². The second kappa shape index (κ2) is 7.80. The number of nitrogens with zero attached hydrogens (tertiary/aromatic N) is 1. The van der Waals surface area contributed by atoms with E-state index >= 15 is 0 Å². The highest BCUT2D eigenvalue weighted by Crippen LogP contribution is 2.23. The summed E-state index contributed by atoms with van der Waals surface area (Å²) >= 11 is 0. The Hall–Kier alpha value is -0.860. The van der Waals surface area contributed by atoms with Gasteiger partial charge < -0.3 is 10.2 Å². The normalized spacial score (nSPS) is 21.2. The maximum absolute atomic E-state index is 3.48. The third-order valence-corrected chi connectivity index (χ3v) is 4.59. The van der Waals surface area contributed by atoms with E-state index in [9.17, 15) is 0 Å². The monoisotopic (exact) mass is 274 g/mol. The van der Waals surface area contributed by atoms with Crippen molar-refractivity contribution in [3.05, 3.63) is 35.4 Å². The molecule has 2 rings (SSSR count). The molecule has 0 spiro atoms. The largest absolute Gasteiger partial charge is 0.313 e. The van der Waals surface area contributed by atoms with E-state index < -0.39 is 0 Å². The Morgan fingerprint density at radius 1 is 1.40 bits per heavy atom. The van der Waals surface area contributed by atoms with Crippen LogP contribution in [0.5, 0.6) is 0 Å². The maximum atomic E-state index is 3.48. The molecule has 112 valence electrons. The lowest BCUT2D eigenvalue weighted by atomic mass is 10.0. The molecule has 0 amide bonds. The van der Waals surface area contributed by atoms with Gasteiger partial charge in [0.15, 0.2) is 0 Å². The minimum absolute atomic E-state index is 0.486. The molecule has 1 heterocycles. The summed E-state index contributed by atoms with van der Waals surface area (Å²) in [5, 5.41) is 3.48. The minimum Gasteiger partial charge on any atom is -0.313 e. The van der Waals surface area contributed by atoms with Gasteiger partial charge in [0.2, 0.25) is 0 Å². The molecule has 2 nitrogen and oxygen atoms in total. The molecule has 1 aliphatic rings. The fourth-order valence-electron chi connectivity index (χ4n) is 3.44. The van der Waals surface area contributed by atoms with Gasteiger partial charge in [-0.1, -0.05) is 43.2 Å². The molecule has 2 heteroatoms. The molecule has 0 aliphatic carbocycles. The van der Waals surface area contributed by atoms with E-state index in [2.05, 4.69) is 55.4 Å². The molecule has 1 aromatic rings. The predicted molar refractivity (Wildman–Crippen MR) is 87.1 cm³/mol. The molecule has 1 aliphatic heterocycles. The molecule has 1 N–H and O–H groups in total. The van der Waals surface area contributed by atoms with E-state index in [4.69, 9.17) is 0 Å². The first-order valence-corrected chi connectivity index (χ1v) is 8.19. The third-order valence-electron chi connectivity index (χ3n) is 4.59. The average Bonchev–Trinajstić information content (AvgIpc) is 2.88. The lowest BCUT2D eigenvalue weighted by Gasteiger charge is -2.22. The van der Waals surface area contributed by atoms with Crippen molar-refractivity contribution in [1.82, 2.24) is 10.2 Å². The smallest absolute Gasteiger partial charge is 0.0329 e. The van der Waals surface area contributed by atoms with Crippen LogP contribution in [0.4, 0.5) is 0 Å². The second-order valence-electron chi connectivity index (χ2n) is 6.29. The van der Waals surface area contributed by atoms with Crippen molar-refractivity contribution in [1.29, 1.82) is 0 Å². The van der Waals surface area contributed by atoms with Crippen molar-refractivity contribution in [2.24, 2.45) is 5.92 Å². The Bertz CT molecular complexity index is 402. The number of likely N-dealkylation sites (tertiary alicyclic amines) is 1. The molecule has 0 bridgehead atoms. The molecule has 0 saturated carbocycles. The summed E-state index contributed by atoms with van der Waals surface area (Å²) in [6, 6.07) is 9.39. The zero-order valence-corrected chi connectivity index (χ0v) is 13.4. The van der Waals surface area contributed by atoms with Crippen LogP contribution in [0, 0.1) is 12.8 Å². The van der Waals surface area contributed by atoms with E-state index in [1.807, 2.05) is 0 Å². The third kappa shape index (κ3) is 4.32. The molecular weight excluding hydrogens is 244 g/mol. The highest BCUT2D eigenvalue weighted by Gasteiger charge is 2.22. The number of aryl methyl sites for hydroxylation is 1. The van der Waals surface area contributed by atoms with Crippen molar-refractivity contribution in [3.63, 3.8) is 0 Å². The van der Waals surface area contributed by atoms with Crippen LogP contribution < -0.4 is 5.32 Å². The van der Waals surface area contributed by atoms with E-state index in [1.165, 1.54) is 56.4 Å². The molecule has 1 saturated heterocycles. The first-order chi connectivity index (χ1) is 9.72. The molecule has 1 aromatic carbocycles. The zero-order valence-electron chi connectivity index (χ0n) is 13.4. The van der Waals surface area contributed by atoms with Crippen LogP contribution in [-0.4, -0.2) is 31.6 Å². The first-order valence-electron chi connectivity index (χ1n) is 8.19. The Kier molecular flexibility index (Phi) is 6.06. The lowest BCUT2D eigenvalue weighted by molar-refractivity contribution is 0.299. The van der Waals surface area contributed by atoms with Gasteiger partial charge in [-0.3, -0.25) is 0 Å². The minimum atomic E-state index is 0.486. The van der Waals surface area contributed by atoms with Gasteiger partial charge in [0, 0.05) is 12.6 Å². The van der Waals surface area contributed by atoms with Crippen molar-refractivity contribution in [2.45, 2.75) is 45.6 Å². The van der Waals surface area contributed by atoms with Gasteiger partial charge in [-0.05, 0) is 57.8 Å².